The zero-order valence-electron chi connectivity index (χ0n) is 15.1. The number of nitrogens with zero attached hydrogens (tertiary/aromatic N) is 5. The topological polar surface area (TPSA) is 52.6 Å². The highest BCUT2D eigenvalue weighted by atomic mass is 16.2. The Morgan fingerprint density at radius 3 is 2.69 bits per heavy atom. The number of carbonyl (C=O) groups excluding carboxylic acids is 1. The average Bonchev–Trinajstić information content (AvgIpc) is 3.26. The zero-order chi connectivity index (χ0) is 17.7. The maximum Gasteiger partial charge on any atom is 0.262 e. The van der Waals surface area contributed by atoms with E-state index < -0.39 is 0 Å². The lowest BCUT2D eigenvalue weighted by Crippen LogP contribution is -2.45. The number of fused-ring (bicyclic) bond motifs is 2. The van der Waals surface area contributed by atoms with Crippen LogP contribution in [0.25, 0.3) is 0 Å². The number of hydrogen-bond acceptors (Lipinski definition) is 5. The van der Waals surface area contributed by atoms with E-state index >= 15 is 0 Å². The molecule has 1 aromatic carbocycles. The minimum Gasteiger partial charge on any atom is -0.338 e. The fourth-order valence-corrected chi connectivity index (χ4v) is 4.17. The summed E-state index contributed by atoms with van der Waals surface area (Å²) in [7, 11) is 2.13. The normalized spacial score (nSPS) is 19.8. The predicted octanol–water partition coefficient (Wildman–Crippen LogP) is 1.88. The first-order valence-electron chi connectivity index (χ1n) is 9.42. The number of carbonyl (C=O) groups is 1. The number of rotatable bonds is 2. The van der Waals surface area contributed by atoms with Crippen molar-refractivity contribution in [1.82, 2.24) is 14.9 Å². The highest BCUT2D eigenvalue weighted by Crippen LogP contribution is 2.32. The second-order valence-corrected chi connectivity index (χ2v) is 7.52. The molecule has 1 fully saturated rings. The second kappa shape index (κ2) is 6.06. The molecule has 0 unspecified atom stereocenters. The zero-order valence-corrected chi connectivity index (χ0v) is 15.1. The fraction of sp³-hybridized carbons (Fsp3) is 0.450. The minimum absolute atomic E-state index is 0.0166. The van der Waals surface area contributed by atoms with Gasteiger partial charge in [0.05, 0.1) is 17.8 Å². The molecule has 3 heterocycles. The minimum atomic E-state index is 0.0166. The van der Waals surface area contributed by atoms with Gasteiger partial charge in [-0.1, -0.05) is 6.07 Å². The van der Waals surface area contributed by atoms with Gasteiger partial charge >= 0.3 is 0 Å². The van der Waals surface area contributed by atoms with Gasteiger partial charge in [-0.15, -0.1) is 0 Å². The van der Waals surface area contributed by atoms with E-state index in [1.807, 2.05) is 4.90 Å². The van der Waals surface area contributed by atoms with Crippen molar-refractivity contribution in [3.8, 4) is 0 Å². The van der Waals surface area contributed by atoms with E-state index in [9.17, 15) is 4.79 Å². The Morgan fingerprint density at radius 2 is 1.85 bits per heavy atom. The first kappa shape index (κ1) is 15.8. The molecule has 0 radical (unpaired) electrons. The summed E-state index contributed by atoms with van der Waals surface area (Å²) in [5.41, 5.74) is 5.28. The first-order chi connectivity index (χ1) is 12.7. The summed E-state index contributed by atoms with van der Waals surface area (Å²) in [4.78, 5) is 28.4. The van der Waals surface area contributed by atoms with Gasteiger partial charge in [-0.3, -0.25) is 4.79 Å². The van der Waals surface area contributed by atoms with Crippen molar-refractivity contribution < 1.29 is 4.79 Å². The maximum atomic E-state index is 12.9. The van der Waals surface area contributed by atoms with Crippen LogP contribution in [0.1, 0.15) is 33.6 Å². The standard InChI is InChI=1S/C20H23N5O/c1-23-7-9-24(10-8-23)20-21-12-17-18(22-20)13-25(19(17)26)16-6-5-14-3-2-4-15(14)11-16/h5-6,11-12H,2-4,7-10,13H2,1H3. The Labute approximate surface area is 153 Å². The molecule has 0 bridgehead atoms. The van der Waals surface area contributed by atoms with Crippen molar-refractivity contribution in [3.05, 3.63) is 46.8 Å². The molecule has 134 valence electrons. The smallest absolute Gasteiger partial charge is 0.262 e. The lowest BCUT2D eigenvalue weighted by Gasteiger charge is -2.32. The Morgan fingerprint density at radius 1 is 1.04 bits per heavy atom. The van der Waals surface area contributed by atoms with E-state index in [1.54, 1.807) is 6.20 Å². The summed E-state index contributed by atoms with van der Waals surface area (Å²) in [5.74, 6) is 0.767. The van der Waals surface area contributed by atoms with Gasteiger partial charge in [-0.2, -0.15) is 0 Å². The number of likely N-dealkylation sites (N-methyl/N-ethyl adjacent to an activating group) is 1. The summed E-state index contributed by atoms with van der Waals surface area (Å²) in [6, 6.07) is 6.43. The van der Waals surface area contributed by atoms with Crippen molar-refractivity contribution in [1.29, 1.82) is 0 Å². The van der Waals surface area contributed by atoms with Crippen molar-refractivity contribution in [2.45, 2.75) is 25.8 Å². The third-order valence-electron chi connectivity index (χ3n) is 5.82. The van der Waals surface area contributed by atoms with Gasteiger partial charge in [0, 0.05) is 38.1 Å². The Kier molecular flexibility index (Phi) is 3.67. The van der Waals surface area contributed by atoms with E-state index in [0.29, 0.717) is 12.1 Å². The summed E-state index contributed by atoms with van der Waals surface area (Å²) >= 11 is 0. The summed E-state index contributed by atoms with van der Waals surface area (Å²) in [6.45, 7) is 4.42. The molecular formula is C20H23N5O. The lowest BCUT2D eigenvalue weighted by molar-refractivity contribution is 0.0996. The van der Waals surface area contributed by atoms with Gasteiger partial charge in [0.15, 0.2) is 0 Å². The van der Waals surface area contributed by atoms with E-state index in [1.165, 1.54) is 17.5 Å². The van der Waals surface area contributed by atoms with Gasteiger partial charge in [0.2, 0.25) is 5.95 Å². The van der Waals surface area contributed by atoms with Crippen LogP contribution in [-0.2, 0) is 19.4 Å². The molecule has 6 nitrogen and oxygen atoms in total. The Bertz CT molecular complexity index is 873. The summed E-state index contributed by atoms with van der Waals surface area (Å²) in [5, 5.41) is 0. The van der Waals surface area contributed by atoms with Crippen LogP contribution < -0.4 is 9.80 Å². The molecule has 0 spiro atoms. The molecule has 26 heavy (non-hydrogen) atoms. The Balaban J connectivity index is 1.41. The number of benzene rings is 1. The van der Waals surface area contributed by atoms with Crippen molar-refractivity contribution >= 4 is 17.5 Å². The van der Waals surface area contributed by atoms with Crippen LogP contribution in [0.2, 0.25) is 0 Å². The molecule has 5 rings (SSSR count). The molecule has 2 aromatic rings. The number of amides is 1. The summed E-state index contributed by atoms with van der Waals surface area (Å²) in [6.07, 6.45) is 5.20. The van der Waals surface area contributed by atoms with E-state index in [2.05, 4.69) is 40.0 Å². The van der Waals surface area contributed by atoms with Crippen molar-refractivity contribution in [3.63, 3.8) is 0 Å². The van der Waals surface area contributed by atoms with Gasteiger partial charge in [0.25, 0.3) is 5.91 Å². The second-order valence-electron chi connectivity index (χ2n) is 7.52. The van der Waals surface area contributed by atoms with Crippen LogP contribution in [0.5, 0.6) is 0 Å². The Hall–Kier alpha value is -2.47. The number of piperazine rings is 1. The van der Waals surface area contributed by atoms with Crippen LogP contribution >= 0.6 is 0 Å². The van der Waals surface area contributed by atoms with Gasteiger partial charge in [-0.05, 0) is 49.6 Å². The van der Waals surface area contributed by atoms with Crippen molar-refractivity contribution in [2.75, 3.05) is 43.0 Å². The molecule has 3 aliphatic rings. The number of aryl methyl sites for hydroxylation is 2. The van der Waals surface area contributed by atoms with E-state index in [-0.39, 0.29) is 5.91 Å². The van der Waals surface area contributed by atoms with Crippen LogP contribution in [0.3, 0.4) is 0 Å². The molecule has 1 aromatic heterocycles. The van der Waals surface area contributed by atoms with E-state index in [4.69, 9.17) is 4.98 Å². The quantitative estimate of drug-likeness (QED) is 0.829. The molecule has 2 aliphatic heterocycles. The van der Waals surface area contributed by atoms with Gasteiger partial charge in [0.1, 0.15) is 0 Å². The maximum absolute atomic E-state index is 12.9. The number of hydrogen-bond donors (Lipinski definition) is 0. The lowest BCUT2D eigenvalue weighted by atomic mass is 10.1. The molecule has 0 atom stereocenters. The highest BCUT2D eigenvalue weighted by molar-refractivity contribution is 6.09. The molecule has 1 amide bonds. The molecule has 1 aliphatic carbocycles. The molecule has 6 heteroatoms. The van der Waals surface area contributed by atoms with Gasteiger partial charge < -0.3 is 14.7 Å². The van der Waals surface area contributed by atoms with Crippen LogP contribution in [0, 0.1) is 0 Å². The largest absolute Gasteiger partial charge is 0.338 e. The van der Waals surface area contributed by atoms with Crippen LogP contribution in [0.4, 0.5) is 11.6 Å². The molecule has 0 N–H and O–H groups in total. The van der Waals surface area contributed by atoms with Crippen LogP contribution in [0.15, 0.2) is 24.4 Å². The summed E-state index contributed by atoms with van der Waals surface area (Å²) < 4.78 is 0. The third-order valence-corrected chi connectivity index (χ3v) is 5.82. The predicted molar refractivity (Wildman–Crippen MR) is 101 cm³/mol. The molecular weight excluding hydrogens is 326 g/mol. The van der Waals surface area contributed by atoms with Gasteiger partial charge in [-0.25, -0.2) is 9.97 Å². The fourth-order valence-electron chi connectivity index (χ4n) is 4.17. The SMILES string of the molecule is CN1CCN(c2ncc3c(n2)CN(c2ccc4c(c2)CCC4)C3=O)CC1. The highest BCUT2D eigenvalue weighted by Gasteiger charge is 2.32. The third kappa shape index (κ3) is 2.56. The van der Waals surface area contributed by atoms with Crippen LogP contribution in [-0.4, -0.2) is 54.0 Å². The monoisotopic (exact) mass is 349 g/mol. The molecule has 0 saturated carbocycles. The van der Waals surface area contributed by atoms with E-state index in [0.717, 1.165) is 56.4 Å². The number of aromatic nitrogens is 2. The average molecular weight is 349 g/mol. The van der Waals surface area contributed by atoms with Crippen molar-refractivity contribution in [2.24, 2.45) is 0 Å². The molecule has 1 saturated heterocycles. The first-order valence-corrected chi connectivity index (χ1v) is 9.42. The number of anilines is 2.